The second-order valence-electron chi connectivity index (χ2n) is 9.41. The van der Waals surface area contributed by atoms with Crippen molar-refractivity contribution in [2.24, 2.45) is 0 Å². The van der Waals surface area contributed by atoms with Crippen molar-refractivity contribution in [3.8, 4) is 0 Å². The van der Waals surface area contributed by atoms with Gasteiger partial charge in [-0.1, -0.05) is 18.4 Å². The Morgan fingerprint density at radius 2 is 1.66 bits per heavy atom. The quantitative estimate of drug-likeness (QED) is 0.529. The molecule has 0 aliphatic carbocycles. The highest BCUT2D eigenvalue weighted by Crippen LogP contribution is 2.52. The number of hydrogen-bond donors (Lipinski definition) is 0. The SMILES string of the molecule is C1CCN(N2CCOC(N3CCOC3)(N3CCCO3)C2(N2CCSC2)N2CCCS2)CC1. The topological polar surface area (TPSA) is 47.1 Å². The molecule has 0 N–H and O–H groups in total. The third kappa shape index (κ3) is 3.50. The number of rotatable bonds is 5. The van der Waals surface area contributed by atoms with E-state index in [9.17, 15) is 0 Å². The third-order valence-corrected chi connectivity index (χ3v) is 9.83. The molecule has 0 radical (unpaired) electrons. The van der Waals surface area contributed by atoms with Gasteiger partial charge in [0, 0.05) is 63.2 Å². The minimum atomic E-state index is -0.724. The maximum atomic E-state index is 7.07. The summed E-state index contributed by atoms with van der Waals surface area (Å²) in [5.74, 6) is 2.18. The molecular weight excluding hydrogens is 448 g/mol. The molecule has 0 spiro atoms. The lowest BCUT2D eigenvalue weighted by Gasteiger charge is -2.68. The first kappa shape index (κ1) is 22.8. The van der Waals surface area contributed by atoms with Crippen LogP contribution in [0.2, 0.25) is 0 Å². The Labute approximate surface area is 200 Å². The van der Waals surface area contributed by atoms with Crippen molar-refractivity contribution < 1.29 is 14.3 Å². The number of hydroxylamine groups is 2. The minimum Gasteiger partial charge on any atom is -0.365 e. The van der Waals surface area contributed by atoms with E-state index in [4.69, 9.17) is 14.3 Å². The molecule has 11 heteroatoms. The Kier molecular flexibility index (Phi) is 6.96. The number of ether oxygens (including phenoxy) is 2. The fraction of sp³-hybridized carbons (Fsp3) is 1.00. The number of thioether (sulfide) groups is 1. The van der Waals surface area contributed by atoms with E-state index in [0.717, 1.165) is 71.3 Å². The molecule has 0 amide bonds. The average Bonchev–Trinajstić information content (AvgIpc) is 3.67. The highest BCUT2D eigenvalue weighted by atomic mass is 32.2. The number of nitrogens with zero attached hydrogens (tertiary/aromatic N) is 6. The van der Waals surface area contributed by atoms with Crippen LogP contribution in [0.4, 0.5) is 0 Å². The van der Waals surface area contributed by atoms with E-state index in [1.807, 2.05) is 23.7 Å². The van der Waals surface area contributed by atoms with Gasteiger partial charge in [0.2, 0.25) is 5.79 Å². The molecule has 6 saturated heterocycles. The molecule has 0 aromatic rings. The van der Waals surface area contributed by atoms with Crippen LogP contribution < -0.4 is 0 Å². The Hall–Kier alpha value is 0.340. The van der Waals surface area contributed by atoms with Crippen LogP contribution in [0.5, 0.6) is 0 Å². The van der Waals surface area contributed by atoms with Gasteiger partial charge in [-0.25, -0.2) is 14.2 Å². The number of piperidine rings is 1. The van der Waals surface area contributed by atoms with Crippen molar-refractivity contribution in [3.05, 3.63) is 0 Å². The maximum absolute atomic E-state index is 7.07. The van der Waals surface area contributed by atoms with E-state index in [0.29, 0.717) is 13.3 Å². The maximum Gasteiger partial charge on any atom is 0.253 e. The number of morpholine rings is 1. The van der Waals surface area contributed by atoms with Crippen molar-refractivity contribution in [2.45, 2.75) is 43.7 Å². The molecule has 0 bridgehead atoms. The Morgan fingerprint density at radius 3 is 2.34 bits per heavy atom. The molecule has 6 rings (SSSR count). The molecule has 32 heavy (non-hydrogen) atoms. The summed E-state index contributed by atoms with van der Waals surface area (Å²) in [5, 5.41) is 7.59. The zero-order valence-corrected chi connectivity index (χ0v) is 20.8. The van der Waals surface area contributed by atoms with Crippen LogP contribution >= 0.6 is 23.7 Å². The lowest BCUT2D eigenvalue weighted by molar-refractivity contribution is -0.462. The molecule has 9 nitrogen and oxygen atoms in total. The van der Waals surface area contributed by atoms with Gasteiger partial charge in [-0.15, -0.1) is 16.8 Å². The number of hydrogen-bond acceptors (Lipinski definition) is 11. The second-order valence-corrected chi connectivity index (χ2v) is 11.6. The Bertz CT molecular complexity index is 601. The molecule has 2 unspecified atom stereocenters. The van der Waals surface area contributed by atoms with Crippen molar-refractivity contribution in [1.29, 1.82) is 0 Å². The van der Waals surface area contributed by atoms with Gasteiger partial charge in [-0.3, -0.25) is 9.74 Å². The fourth-order valence-electron chi connectivity index (χ4n) is 6.36. The third-order valence-electron chi connectivity index (χ3n) is 7.64. The van der Waals surface area contributed by atoms with E-state index < -0.39 is 11.6 Å². The Balaban J connectivity index is 1.54. The highest BCUT2D eigenvalue weighted by molar-refractivity contribution is 7.99. The molecule has 2 atom stereocenters. The minimum absolute atomic E-state index is 0.453. The summed E-state index contributed by atoms with van der Waals surface area (Å²) in [7, 11) is 0. The van der Waals surface area contributed by atoms with Gasteiger partial charge in [0.25, 0.3) is 5.85 Å². The second kappa shape index (κ2) is 9.77. The fourth-order valence-corrected chi connectivity index (χ4v) is 8.62. The first-order chi connectivity index (χ1) is 15.9. The van der Waals surface area contributed by atoms with Crippen molar-refractivity contribution in [1.82, 2.24) is 29.2 Å². The summed E-state index contributed by atoms with van der Waals surface area (Å²) < 4.78 is 15.7. The molecule has 182 valence electrons. The predicted molar refractivity (Wildman–Crippen MR) is 126 cm³/mol. The van der Waals surface area contributed by atoms with E-state index in [1.165, 1.54) is 37.2 Å². The van der Waals surface area contributed by atoms with Crippen LogP contribution in [0.1, 0.15) is 32.1 Å². The van der Waals surface area contributed by atoms with Crippen molar-refractivity contribution >= 4 is 23.7 Å². The molecule has 0 saturated carbocycles. The lowest BCUT2D eigenvalue weighted by atomic mass is 10.0. The van der Waals surface area contributed by atoms with Gasteiger partial charge in [0.1, 0.15) is 6.73 Å². The molecule has 6 aliphatic rings. The van der Waals surface area contributed by atoms with Crippen molar-refractivity contribution in [3.63, 3.8) is 0 Å². The summed E-state index contributed by atoms with van der Waals surface area (Å²) in [6.07, 6.45) is 6.15. The van der Waals surface area contributed by atoms with Gasteiger partial charge >= 0.3 is 0 Å². The van der Waals surface area contributed by atoms with Crippen LogP contribution in [-0.4, -0.2) is 131 Å². The standard InChI is InChI=1S/C21H38N6O3S2/c1-2-6-24(7-3-1)25-11-15-29-21(22-10-14-28-18-22,26-8-4-13-30-26)20(25,23-12-17-31-19-23)27-9-5-16-32-27/h1-19H2. The molecule has 6 aliphatic heterocycles. The summed E-state index contributed by atoms with van der Waals surface area (Å²) in [6.45, 7) is 9.90. The lowest BCUT2D eigenvalue weighted by Crippen LogP contribution is -2.90. The van der Waals surface area contributed by atoms with Crippen molar-refractivity contribution in [2.75, 3.05) is 89.7 Å². The first-order valence-corrected chi connectivity index (χ1v) is 14.6. The van der Waals surface area contributed by atoms with Gasteiger partial charge in [-0.05, 0) is 25.7 Å². The summed E-state index contributed by atoms with van der Waals surface area (Å²) in [6, 6.07) is 0. The number of hydrazine groups is 1. The van der Waals surface area contributed by atoms with E-state index in [-0.39, 0.29) is 0 Å². The van der Waals surface area contributed by atoms with E-state index in [2.05, 4.69) is 29.2 Å². The van der Waals surface area contributed by atoms with Crippen LogP contribution in [0.3, 0.4) is 0 Å². The van der Waals surface area contributed by atoms with Gasteiger partial charge < -0.3 is 9.47 Å². The normalized spacial score (nSPS) is 40.1. The summed E-state index contributed by atoms with van der Waals surface area (Å²) >= 11 is 4.05. The zero-order chi connectivity index (χ0) is 21.4. The average molecular weight is 487 g/mol. The van der Waals surface area contributed by atoms with Crippen LogP contribution in [0.25, 0.3) is 0 Å². The molecule has 0 aromatic heterocycles. The molecule has 6 heterocycles. The Morgan fingerprint density at radius 1 is 0.719 bits per heavy atom. The van der Waals surface area contributed by atoms with Gasteiger partial charge in [0.15, 0.2) is 0 Å². The van der Waals surface area contributed by atoms with E-state index in [1.54, 1.807) is 0 Å². The molecule has 6 fully saturated rings. The first-order valence-electron chi connectivity index (χ1n) is 12.5. The smallest absolute Gasteiger partial charge is 0.253 e. The van der Waals surface area contributed by atoms with Crippen LogP contribution in [-0.2, 0) is 14.3 Å². The zero-order valence-electron chi connectivity index (χ0n) is 19.2. The van der Waals surface area contributed by atoms with Gasteiger partial charge in [0.05, 0.1) is 19.8 Å². The largest absolute Gasteiger partial charge is 0.365 e. The molecular formula is C21H38N6O3S2. The van der Waals surface area contributed by atoms with Crippen LogP contribution in [0.15, 0.2) is 0 Å². The summed E-state index contributed by atoms with van der Waals surface area (Å²) in [5.41, 5.74) is 0. The molecule has 0 aromatic carbocycles. The van der Waals surface area contributed by atoms with Gasteiger partial charge in [-0.2, -0.15) is 5.01 Å². The summed E-state index contributed by atoms with van der Waals surface area (Å²) in [4.78, 5) is 11.6. The monoisotopic (exact) mass is 486 g/mol. The van der Waals surface area contributed by atoms with E-state index >= 15 is 0 Å². The van der Waals surface area contributed by atoms with Crippen LogP contribution in [0, 0.1) is 0 Å². The predicted octanol–water partition coefficient (Wildman–Crippen LogP) is 1.31. The highest BCUT2D eigenvalue weighted by Gasteiger charge is 2.73.